The highest BCUT2D eigenvalue weighted by Crippen LogP contribution is 2.49. The first-order chi connectivity index (χ1) is 16.0. The highest BCUT2D eigenvalue weighted by atomic mass is 16.5. The molecule has 1 aliphatic heterocycles. The van der Waals surface area contributed by atoms with Gasteiger partial charge in [0.05, 0.1) is 25.3 Å². The van der Waals surface area contributed by atoms with Gasteiger partial charge in [-0.15, -0.1) is 0 Å². The van der Waals surface area contributed by atoms with E-state index in [1.54, 1.807) is 14.2 Å². The summed E-state index contributed by atoms with van der Waals surface area (Å²) in [6.45, 7) is 5.19. The Hall–Kier alpha value is -3.99. The van der Waals surface area contributed by atoms with Crippen LogP contribution in [0.25, 0.3) is 11.0 Å². The Morgan fingerprint density at radius 2 is 1.94 bits per heavy atom. The summed E-state index contributed by atoms with van der Waals surface area (Å²) in [4.78, 5) is 25.6. The molecule has 0 radical (unpaired) electrons. The number of rotatable bonds is 5. The van der Waals surface area contributed by atoms with E-state index in [-0.39, 0.29) is 11.3 Å². The maximum Gasteiger partial charge on any atom is 0.245 e. The molecule has 0 unspecified atom stereocenters. The van der Waals surface area contributed by atoms with Crippen LogP contribution < -0.4 is 14.8 Å². The fourth-order valence-electron chi connectivity index (χ4n) is 4.80. The third-order valence-electron chi connectivity index (χ3n) is 6.40. The number of amides is 1. The molecule has 3 heterocycles. The van der Waals surface area contributed by atoms with Gasteiger partial charge in [-0.05, 0) is 37.0 Å². The molecule has 1 saturated carbocycles. The first-order valence-electron chi connectivity index (χ1n) is 10.8. The first kappa shape index (κ1) is 20.9. The third-order valence-corrected chi connectivity index (χ3v) is 6.40. The normalized spacial score (nSPS) is 16.4. The Balaban J connectivity index is 1.34. The number of hydrogen-bond donors (Lipinski definition) is 2. The molecule has 2 fully saturated rings. The first-order valence-corrected chi connectivity index (χ1v) is 10.8. The number of nitrogens with one attached hydrogen (secondary N) is 2. The van der Waals surface area contributed by atoms with Gasteiger partial charge in [0.15, 0.2) is 0 Å². The second-order valence-electron chi connectivity index (χ2n) is 8.65. The summed E-state index contributed by atoms with van der Waals surface area (Å²) in [7, 11) is 3.22. The number of benzene rings is 1. The van der Waals surface area contributed by atoms with E-state index in [0.29, 0.717) is 23.2 Å². The number of hydrogen-bond acceptors (Lipinski definition) is 6. The van der Waals surface area contributed by atoms with E-state index in [9.17, 15) is 4.79 Å². The number of aromatic nitrogens is 3. The van der Waals surface area contributed by atoms with Crippen LogP contribution in [0.5, 0.6) is 11.5 Å². The molecule has 2 N–H and O–H groups in total. The van der Waals surface area contributed by atoms with Crippen molar-refractivity contribution < 1.29 is 14.3 Å². The van der Waals surface area contributed by atoms with Gasteiger partial charge in [0.25, 0.3) is 0 Å². The fraction of sp³-hybridized carbons (Fsp3) is 0.320. The molecular weight excluding hydrogens is 418 g/mol. The van der Waals surface area contributed by atoms with Crippen LogP contribution in [-0.4, -0.2) is 59.1 Å². The van der Waals surface area contributed by atoms with Crippen molar-refractivity contribution in [1.29, 1.82) is 0 Å². The Labute approximate surface area is 192 Å². The van der Waals surface area contributed by atoms with Gasteiger partial charge in [0.2, 0.25) is 5.91 Å². The number of ether oxygens (including phenoxy) is 2. The van der Waals surface area contributed by atoms with Gasteiger partial charge in [-0.25, -0.2) is 9.97 Å². The quantitative estimate of drug-likeness (QED) is 0.465. The topological polar surface area (TPSA) is 92.4 Å². The summed E-state index contributed by atoms with van der Waals surface area (Å²) in [6, 6.07) is 5.87. The zero-order chi connectivity index (χ0) is 23.0. The van der Waals surface area contributed by atoms with Crippen LogP contribution in [0, 0.1) is 17.3 Å². The van der Waals surface area contributed by atoms with Crippen molar-refractivity contribution in [2.24, 2.45) is 5.41 Å². The number of aromatic amines is 1. The smallest absolute Gasteiger partial charge is 0.245 e. The number of carbonyl (C=O) groups is 1. The van der Waals surface area contributed by atoms with E-state index in [2.05, 4.69) is 38.7 Å². The monoisotopic (exact) mass is 443 g/mol. The van der Waals surface area contributed by atoms with E-state index in [1.807, 2.05) is 29.3 Å². The van der Waals surface area contributed by atoms with Crippen LogP contribution >= 0.6 is 0 Å². The lowest BCUT2D eigenvalue weighted by atomic mass is 9.60. The van der Waals surface area contributed by atoms with Crippen LogP contribution in [0.2, 0.25) is 0 Å². The number of H-pyrrole nitrogens is 1. The molecule has 1 aromatic carbocycles. The van der Waals surface area contributed by atoms with Crippen LogP contribution in [0.1, 0.15) is 24.1 Å². The van der Waals surface area contributed by atoms with Crippen LogP contribution in [0.15, 0.2) is 43.4 Å². The van der Waals surface area contributed by atoms with Gasteiger partial charge < -0.3 is 24.7 Å². The summed E-state index contributed by atoms with van der Waals surface area (Å²) in [5.41, 5.74) is 3.34. The minimum absolute atomic E-state index is 0.0164. The number of carbonyl (C=O) groups excluding carboxylic acids is 1. The van der Waals surface area contributed by atoms with Gasteiger partial charge in [-0.2, -0.15) is 0 Å². The van der Waals surface area contributed by atoms with Crippen LogP contribution in [0.3, 0.4) is 0 Å². The number of anilines is 1. The zero-order valence-corrected chi connectivity index (χ0v) is 18.6. The summed E-state index contributed by atoms with van der Waals surface area (Å²) in [5, 5.41) is 4.49. The van der Waals surface area contributed by atoms with Crippen molar-refractivity contribution in [3.63, 3.8) is 0 Å². The molecule has 1 aliphatic carbocycles. The molecule has 1 saturated heterocycles. The lowest BCUT2D eigenvalue weighted by Gasteiger charge is -2.59. The summed E-state index contributed by atoms with van der Waals surface area (Å²) in [5.74, 6) is 7.72. The minimum atomic E-state index is 0.0164. The summed E-state index contributed by atoms with van der Waals surface area (Å²) in [6.07, 6.45) is 6.87. The molecule has 33 heavy (non-hydrogen) atoms. The molecule has 3 aromatic rings. The van der Waals surface area contributed by atoms with Crippen molar-refractivity contribution >= 4 is 22.6 Å². The Morgan fingerprint density at radius 1 is 1.21 bits per heavy atom. The van der Waals surface area contributed by atoms with E-state index in [1.165, 1.54) is 12.4 Å². The molecule has 168 valence electrons. The van der Waals surface area contributed by atoms with Gasteiger partial charge in [-0.3, -0.25) is 4.79 Å². The maximum absolute atomic E-state index is 11.7. The average Bonchev–Trinajstić information content (AvgIpc) is 3.21. The van der Waals surface area contributed by atoms with Crippen LogP contribution in [-0.2, 0) is 4.79 Å². The number of nitrogens with zero attached hydrogens (tertiary/aromatic N) is 3. The molecule has 8 heteroatoms. The van der Waals surface area contributed by atoms with Crippen molar-refractivity contribution in [3.05, 3.63) is 54.6 Å². The van der Waals surface area contributed by atoms with E-state index in [0.717, 1.165) is 48.2 Å². The molecule has 8 nitrogen and oxygen atoms in total. The second-order valence-corrected chi connectivity index (χ2v) is 8.65. The molecule has 0 atom stereocenters. The molecule has 5 rings (SSSR count). The Morgan fingerprint density at radius 3 is 2.61 bits per heavy atom. The minimum Gasteiger partial charge on any atom is -0.497 e. The highest BCUT2D eigenvalue weighted by Gasteiger charge is 2.53. The van der Waals surface area contributed by atoms with Gasteiger partial charge in [-0.1, -0.05) is 12.5 Å². The lowest BCUT2D eigenvalue weighted by Crippen LogP contribution is -2.65. The fourth-order valence-corrected chi connectivity index (χ4v) is 4.80. The molecule has 2 aliphatic rings. The molecular formula is C25H25N5O3. The predicted molar refractivity (Wildman–Crippen MR) is 125 cm³/mol. The lowest BCUT2D eigenvalue weighted by molar-refractivity contribution is -0.144. The van der Waals surface area contributed by atoms with Crippen molar-refractivity contribution in [2.75, 3.05) is 32.6 Å². The van der Waals surface area contributed by atoms with E-state index < -0.39 is 0 Å². The highest BCUT2D eigenvalue weighted by molar-refractivity contribution is 5.94. The van der Waals surface area contributed by atoms with E-state index in [4.69, 9.17) is 9.47 Å². The predicted octanol–water partition coefficient (Wildman–Crippen LogP) is 2.96. The number of fused-ring (bicyclic) bond motifs is 1. The molecule has 2 aromatic heterocycles. The van der Waals surface area contributed by atoms with Crippen molar-refractivity contribution in [2.45, 2.75) is 18.9 Å². The average molecular weight is 444 g/mol. The van der Waals surface area contributed by atoms with Crippen molar-refractivity contribution in [3.8, 4) is 23.3 Å². The van der Waals surface area contributed by atoms with Gasteiger partial charge in [0.1, 0.15) is 29.2 Å². The molecule has 1 spiro atoms. The van der Waals surface area contributed by atoms with Gasteiger partial charge >= 0.3 is 0 Å². The second kappa shape index (κ2) is 8.17. The number of methoxy groups -OCH3 is 2. The maximum atomic E-state index is 11.7. The van der Waals surface area contributed by atoms with E-state index >= 15 is 0 Å². The third kappa shape index (κ3) is 3.87. The SMILES string of the molecule is C=CC(=O)N1CC2(CC(Nc3c[nH]c4ncnc(C#Cc5cc(OC)cc(OC)c5)c34)C2)C1. The molecule has 0 bridgehead atoms. The zero-order valence-electron chi connectivity index (χ0n) is 18.6. The van der Waals surface area contributed by atoms with Crippen LogP contribution in [0.4, 0.5) is 5.69 Å². The summed E-state index contributed by atoms with van der Waals surface area (Å²) < 4.78 is 10.7. The molecule has 1 amide bonds. The number of likely N-dealkylation sites (tertiary alicyclic amines) is 1. The Kier molecular flexibility index (Phi) is 5.17. The van der Waals surface area contributed by atoms with Gasteiger partial charge in [0, 0.05) is 42.4 Å². The summed E-state index contributed by atoms with van der Waals surface area (Å²) >= 11 is 0. The Bertz CT molecular complexity index is 1270. The largest absolute Gasteiger partial charge is 0.497 e. The standard InChI is InChI=1S/C25H25N5O3/c1-4-22(31)30-13-25(14-30)10-17(11-25)29-21-12-26-24-23(21)20(27-15-28-24)6-5-16-7-18(32-2)9-19(8-16)33-3/h4,7-9,12,15,17,29H,1,10-11,13-14H2,2-3H3,(H,26,27,28). The van der Waals surface area contributed by atoms with Crippen molar-refractivity contribution in [1.82, 2.24) is 19.9 Å².